The SMILES string of the molecule is COc1cccc(C#N)c1N[C@H]1CCC[C@@H]1O. The molecule has 0 aliphatic heterocycles. The van der Waals surface area contributed by atoms with Crippen molar-refractivity contribution in [1.29, 1.82) is 5.26 Å². The number of nitrogens with one attached hydrogen (secondary N) is 1. The molecule has 0 amide bonds. The first-order chi connectivity index (χ1) is 8.26. The molecule has 0 radical (unpaired) electrons. The molecule has 1 fully saturated rings. The molecule has 1 aromatic carbocycles. The number of hydrogen-bond acceptors (Lipinski definition) is 4. The topological polar surface area (TPSA) is 65.3 Å². The Hall–Kier alpha value is -1.73. The summed E-state index contributed by atoms with van der Waals surface area (Å²) in [5.74, 6) is 0.642. The quantitative estimate of drug-likeness (QED) is 0.835. The summed E-state index contributed by atoms with van der Waals surface area (Å²) >= 11 is 0. The van der Waals surface area contributed by atoms with E-state index in [2.05, 4.69) is 11.4 Å². The fourth-order valence-corrected chi connectivity index (χ4v) is 2.24. The van der Waals surface area contributed by atoms with Crippen molar-refractivity contribution in [1.82, 2.24) is 0 Å². The van der Waals surface area contributed by atoms with Gasteiger partial charge in [0.05, 0.1) is 30.5 Å². The third-order valence-electron chi connectivity index (χ3n) is 3.18. The summed E-state index contributed by atoms with van der Waals surface area (Å²) in [6.07, 6.45) is 2.40. The van der Waals surface area contributed by atoms with Gasteiger partial charge in [-0.25, -0.2) is 0 Å². The predicted molar refractivity (Wildman–Crippen MR) is 65.0 cm³/mol. The van der Waals surface area contributed by atoms with E-state index in [9.17, 15) is 5.11 Å². The molecule has 1 aliphatic rings. The summed E-state index contributed by atoms with van der Waals surface area (Å²) in [6, 6.07) is 7.48. The summed E-state index contributed by atoms with van der Waals surface area (Å²) in [5.41, 5.74) is 1.23. The molecule has 4 nitrogen and oxygen atoms in total. The second-order valence-corrected chi connectivity index (χ2v) is 4.24. The fraction of sp³-hybridized carbons (Fsp3) is 0.462. The second kappa shape index (κ2) is 5.07. The van der Waals surface area contributed by atoms with E-state index in [1.165, 1.54) is 0 Å². The predicted octanol–water partition coefficient (Wildman–Crippen LogP) is 1.89. The Labute approximate surface area is 101 Å². The molecular weight excluding hydrogens is 216 g/mol. The van der Waals surface area contributed by atoms with Crippen LogP contribution in [0.4, 0.5) is 5.69 Å². The molecular formula is C13H16N2O2. The van der Waals surface area contributed by atoms with Gasteiger partial charge in [-0.3, -0.25) is 0 Å². The minimum atomic E-state index is -0.341. The Morgan fingerprint density at radius 3 is 2.88 bits per heavy atom. The van der Waals surface area contributed by atoms with Gasteiger partial charge in [0.2, 0.25) is 0 Å². The van der Waals surface area contributed by atoms with Crippen LogP contribution >= 0.6 is 0 Å². The van der Waals surface area contributed by atoms with E-state index in [-0.39, 0.29) is 12.1 Å². The van der Waals surface area contributed by atoms with Crippen molar-refractivity contribution in [2.45, 2.75) is 31.4 Å². The van der Waals surface area contributed by atoms with E-state index < -0.39 is 0 Å². The van der Waals surface area contributed by atoms with Gasteiger partial charge in [-0.2, -0.15) is 5.26 Å². The van der Waals surface area contributed by atoms with Crippen LogP contribution in [0.25, 0.3) is 0 Å². The summed E-state index contributed by atoms with van der Waals surface area (Å²) in [6.45, 7) is 0. The number of para-hydroxylation sites is 1. The van der Waals surface area contributed by atoms with E-state index in [1.807, 2.05) is 6.07 Å². The molecule has 0 spiro atoms. The number of hydrogen-bond donors (Lipinski definition) is 2. The zero-order valence-corrected chi connectivity index (χ0v) is 9.81. The lowest BCUT2D eigenvalue weighted by Gasteiger charge is -2.20. The van der Waals surface area contributed by atoms with Crippen molar-refractivity contribution in [2.75, 3.05) is 12.4 Å². The van der Waals surface area contributed by atoms with Crippen LogP contribution in [0.2, 0.25) is 0 Å². The minimum Gasteiger partial charge on any atom is -0.495 e. The van der Waals surface area contributed by atoms with Gasteiger partial charge >= 0.3 is 0 Å². The van der Waals surface area contributed by atoms with Crippen molar-refractivity contribution in [3.8, 4) is 11.8 Å². The number of benzene rings is 1. The molecule has 0 saturated heterocycles. The van der Waals surface area contributed by atoms with Gasteiger partial charge in [-0.05, 0) is 31.4 Å². The number of rotatable bonds is 3. The first kappa shape index (κ1) is 11.7. The number of aliphatic hydroxyl groups excluding tert-OH is 1. The summed E-state index contributed by atoms with van der Waals surface area (Å²) < 4.78 is 5.24. The molecule has 1 aliphatic carbocycles. The summed E-state index contributed by atoms with van der Waals surface area (Å²) in [4.78, 5) is 0. The van der Waals surface area contributed by atoms with Crippen LogP contribution in [0.1, 0.15) is 24.8 Å². The van der Waals surface area contributed by atoms with Gasteiger partial charge in [0.25, 0.3) is 0 Å². The van der Waals surface area contributed by atoms with Gasteiger partial charge < -0.3 is 15.2 Å². The maximum atomic E-state index is 9.79. The third kappa shape index (κ3) is 2.34. The Morgan fingerprint density at radius 2 is 2.29 bits per heavy atom. The van der Waals surface area contributed by atoms with Crippen molar-refractivity contribution < 1.29 is 9.84 Å². The molecule has 17 heavy (non-hydrogen) atoms. The molecule has 2 rings (SSSR count). The molecule has 0 heterocycles. The smallest absolute Gasteiger partial charge is 0.143 e. The Bertz CT molecular complexity index is 440. The van der Waals surface area contributed by atoms with Gasteiger partial charge in [-0.1, -0.05) is 6.07 Å². The van der Waals surface area contributed by atoms with E-state index in [1.54, 1.807) is 19.2 Å². The van der Waals surface area contributed by atoms with Crippen LogP contribution in [0.5, 0.6) is 5.75 Å². The largest absolute Gasteiger partial charge is 0.495 e. The lowest BCUT2D eigenvalue weighted by molar-refractivity contribution is 0.171. The molecule has 0 aromatic heterocycles. The van der Waals surface area contributed by atoms with Crippen molar-refractivity contribution in [3.05, 3.63) is 23.8 Å². The number of ether oxygens (including phenoxy) is 1. The van der Waals surface area contributed by atoms with Crippen LogP contribution in [-0.2, 0) is 0 Å². The first-order valence-corrected chi connectivity index (χ1v) is 5.78. The average Bonchev–Trinajstić information content (AvgIpc) is 2.75. The normalized spacial score (nSPS) is 23.1. The average molecular weight is 232 g/mol. The van der Waals surface area contributed by atoms with Crippen LogP contribution in [0.3, 0.4) is 0 Å². The maximum Gasteiger partial charge on any atom is 0.143 e. The zero-order valence-electron chi connectivity index (χ0n) is 9.81. The highest BCUT2D eigenvalue weighted by Gasteiger charge is 2.26. The van der Waals surface area contributed by atoms with Crippen LogP contribution in [-0.4, -0.2) is 24.4 Å². The number of nitrogens with zero attached hydrogens (tertiary/aromatic N) is 1. The van der Waals surface area contributed by atoms with Gasteiger partial charge in [0, 0.05) is 0 Å². The second-order valence-electron chi connectivity index (χ2n) is 4.24. The van der Waals surface area contributed by atoms with E-state index in [4.69, 9.17) is 10.00 Å². The van der Waals surface area contributed by atoms with Crippen molar-refractivity contribution in [3.63, 3.8) is 0 Å². The zero-order chi connectivity index (χ0) is 12.3. The summed E-state index contributed by atoms with van der Waals surface area (Å²) in [7, 11) is 1.58. The van der Waals surface area contributed by atoms with Crippen molar-refractivity contribution in [2.24, 2.45) is 0 Å². The van der Waals surface area contributed by atoms with Gasteiger partial charge in [-0.15, -0.1) is 0 Å². The number of nitriles is 1. The van der Waals surface area contributed by atoms with Crippen LogP contribution < -0.4 is 10.1 Å². The lowest BCUT2D eigenvalue weighted by Crippen LogP contribution is -2.28. The van der Waals surface area contributed by atoms with E-state index in [0.717, 1.165) is 19.3 Å². The number of methoxy groups -OCH3 is 1. The highest BCUT2D eigenvalue weighted by Crippen LogP contribution is 2.31. The molecule has 2 N–H and O–H groups in total. The third-order valence-corrected chi connectivity index (χ3v) is 3.18. The molecule has 2 atom stereocenters. The van der Waals surface area contributed by atoms with E-state index >= 15 is 0 Å². The Balaban J connectivity index is 2.27. The Morgan fingerprint density at radius 1 is 1.47 bits per heavy atom. The number of aliphatic hydroxyl groups is 1. The van der Waals surface area contributed by atoms with Crippen molar-refractivity contribution >= 4 is 5.69 Å². The van der Waals surface area contributed by atoms with E-state index in [0.29, 0.717) is 17.0 Å². The first-order valence-electron chi connectivity index (χ1n) is 5.78. The molecule has 0 unspecified atom stereocenters. The molecule has 1 aromatic rings. The Kier molecular flexibility index (Phi) is 3.50. The monoisotopic (exact) mass is 232 g/mol. The van der Waals surface area contributed by atoms with Crippen LogP contribution in [0, 0.1) is 11.3 Å². The maximum absolute atomic E-state index is 9.79. The fourth-order valence-electron chi connectivity index (χ4n) is 2.24. The lowest BCUT2D eigenvalue weighted by atomic mass is 10.1. The molecule has 1 saturated carbocycles. The van der Waals surface area contributed by atoms with Gasteiger partial charge in [0.15, 0.2) is 0 Å². The standard InChI is InChI=1S/C13H16N2O2/c1-17-12-7-2-4-9(8-14)13(12)15-10-5-3-6-11(10)16/h2,4,7,10-11,15-16H,3,5-6H2,1H3/t10-,11-/m0/s1. The summed E-state index contributed by atoms with van der Waals surface area (Å²) in [5, 5.41) is 22.1. The molecule has 0 bridgehead atoms. The molecule has 4 heteroatoms. The molecule has 90 valence electrons. The number of anilines is 1. The van der Waals surface area contributed by atoms with Gasteiger partial charge in [0.1, 0.15) is 11.8 Å². The van der Waals surface area contributed by atoms with Crippen LogP contribution in [0.15, 0.2) is 18.2 Å². The highest BCUT2D eigenvalue weighted by molar-refractivity contribution is 5.66. The highest BCUT2D eigenvalue weighted by atomic mass is 16.5. The minimum absolute atomic E-state index is 0.0124.